The Balaban J connectivity index is 1.58. The number of aromatic nitrogens is 3. The number of piperidine rings is 1. The molecule has 2 aliphatic rings. The third-order valence-electron chi connectivity index (χ3n) is 5.26. The second kappa shape index (κ2) is 7.53. The van der Waals surface area contributed by atoms with Gasteiger partial charge in [0.15, 0.2) is 5.82 Å². The van der Waals surface area contributed by atoms with E-state index in [2.05, 4.69) is 25.4 Å². The molecular formula is C19H24FN5O. The summed E-state index contributed by atoms with van der Waals surface area (Å²) in [6.07, 6.45) is 6.12. The summed E-state index contributed by atoms with van der Waals surface area (Å²) in [5.41, 5.74) is 0.994. The zero-order valence-electron chi connectivity index (χ0n) is 14.8. The van der Waals surface area contributed by atoms with Gasteiger partial charge in [-0.15, -0.1) is 10.2 Å². The third-order valence-corrected chi connectivity index (χ3v) is 5.26. The number of carbonyl (C=O) groups is 1. The van der Waals surface area contributed by atoms with Crippen molar-refractivity contribution in [2.24, 2.45) is 5.92 Å². The average molecular weight is 357 g/mol. The van der Waals surface area contributed by atoms with Gasteiger partial charge in [0.25, 0.3) is 0 Å². The van der Waals surface area contributed by atoms with Gasteiger partial charge in [0.2, 0.25) is 5.91 Å². The molecule has 3 heterocycles. The minimum Gasteiger partial charge on any atom is -0.323 e. The zero-order valence-corrected chi connectivity index (χ0v) is 14.8. The van der Waals surface area contributed by atoms with E-state index in [0.717, 1.165) is 62.4 Å². The summed E-state index contributed by atoms with van der Waals surface area (Å²) in [7, 11) is 0. The summed E-state index contributed by atoms with van der Waals surface area (Å²) in [6.45, 7) is 2.46. The molecular weight excluding hydrogens is 333 g/mol. The van der Waals surface area contributed by atoms with Crippen LogP contribution in [0.5, 0.6) is 0 Å². The van der Waals surface area contributed by atoms with Gasteiger partial charge in [-0.05, 0) is 50.4 Å². The van der Waals surface area contributed by atoms with Gasteiger partial charge in [-0.1, -0.05) is 6.42 Å². The summed E-state index contributed by atoms with van der Waals surface area (Å²) in [5, 5.41) is 14.6. The highest BCUT2D eigenvalue weighted by molar-refractivity contribution is 5.93. The Bertz CT molecular complexity index is 797. The van der Waals surface area contributed by atoms with E-state index < -0.39 is 5.82 Å². The van der Waals surface area contributed by atoms with E-state index in [1.807, 2.05) is 0 Å². The van der Waals surface area contributed by atoms with Crippen LogP contribution in [-0.4, -0.2) is 33.8 Å². The van der Waals surface area contributed by atoms with Gasteiger partial charge in [0.05, 0.1) is 11.6 Å². The van der Waals surface area contributed by atoms with E-state index in [4.69, 9.17) is 0 Å². The van der Waals surface area contributed by atoms with E-state index in [9.17, 15) is 9.18 Å². The predicted octanol–water partition coefficient (Wildman–Crippen LogP) is 2.75. The largest absolute Gasteiger partial charge is 0.323 e. The van der Waals surface area contributed by atoms with E-state index >= 15 is 0 Å². The molecule has 1 aromatic heterocycles. The fourth-order valence-electron chi connectivity index (χ4n) is 3.77. The monoisotopic (exact) mass is 357 g/mol. The highest BCUT2D eigenvalue weighted by Gasteiger charge is 2.22. The Kier molecular flexibility index (Phi) is 4.97. The smallest absolute Gasteiger partial charge is 0.228 e. The molecule has 2 aromatic rings. The number of benzene rings is 1. The Labute approximate surface area is 152 Å². The van der Waals surface area contributed by atoms with Crippen LogP contribution < -0.4 is 10.6 Å². The molecule has 1 atom stereocenters. The van der Waals surface area contributed by atoms with Crippen LogP contribution in [0.1, 0.15) is 37.9 Å². The van der Waals surface area contributed by atoms with Crippen LogP contribution in [0.2, 0.25) is 0 Å². The molecule has 138 valence electrons. The maximum Gasteiger partial charge on any atom is 0.228 e. The second-order valence-corrected chi connectivity index (χ2v) is 7.13. The van der Waals surface area contributed by atoms with Gasteiger partial charge in [-0.3, -0.25) is 4.79 Å². The van der Waals surface area contributed by atoms with E-state index in [1.165, 1.54) is 12.5 Å². The quantitative estimate of drug-likeness (QED) is 0.886. The van der Waals surface area contributed by atoms with E-state index in [0.29, 0.717) is 6.54 Å². The molecule has 1 amide bonds. The van der Waals surface area contributed by atoms with Gasteiger partial charge < -0.3 is 15.2 Å². The fraction of sp³-hybridized carbons (Fsp3) is 0.526. The second-order valence-electron chi connectivity index (χ2n) is 7.13. The number of nitrogens with zero attached hydrogens (tertiary/aromatic N) is 3. The molecule has 0 spiro atoms. The summed E-state index contributed by atoms with van der Waals surface area (Å²) in [5.74, 6) is 1.06. The first-order valence-electron chi connectivity index (χ1n) is 9.46. The normalized spacial score (nSPS) is 20.3. The first kappa shape index (κ1) is 17.1. The highest BCUT2D eigenvalue weighted by atomic mass is 19.1. The number of nitrogens with one attached hydrogen (secondary N) is 2. The Morgan fingerprint density at radius 1 is 1.23 bits per heavy atom. The maximum atomic E-state index is 14.3. The molecule has 7 heteroatoms. The van der Waals surface area contributed by atoms with Gasteiger partial charge in [0.1, 0.15) is 11.6 Å². The molecule has 0 aliphatic carbocycles. The Morgan fingerprint density at radius 2 is 2.15 bits per heavy atom. The number of rotatable bonds is 3. The van der Waals surface area contributed by atoms with Crippen LogP contribution in [-0.2, 0) is 17.8 Å². The lowest BCUT2D eigenvalue weighted by Crippen LogP contribution is -2.37. The highest BCUT2D eigenvalue weighted by Crippen LogP contribution is 2.27. The number of hydrogen-bond acceptors (Lipinski definition) is 4. The molecule has 0 bridgehead atoms. The van der Waals surface area contributed by atoms with Crippen molar-refractivity contribution in [1.29, 1.82) is 0 Å². The molecule has 2 aliphatic heterocycles. The van der Waals surface area contributed by atoms with Crippen molar-refractivity contribution in [2.75, 3.05) is 18.4 Å². The molecule has 1 aromatic carbocycles. The molecule has 26 heavy (non-hydrogen) atoms. The van der Waals surface area contributed by atoms with Gasteiger partial charge in [-0.2, -0.15) is 0 Å². The number of fused-ring (bicyclic) bond motifs is 1. The molecule has 0 saturated carbocycles. The Hall–Kier alpha value is -2.28. The predicted molar refractivity (Wildman–Crippen MR) is 97.2 cm³/mol. The SMILES string of the molecule is O=C(Nc1cc(-c2nnc3n2CCCCC3)ccc1F)C1CCCNC1. The van der Waals surface area contributed by atoms with E-state index in [-0.39, 0.29) is 17.5 Å². The maximum absolute atomic E-state index is 14.3. The standard InChI is InChI=1S/C19H24FN5O/c20-15-8-7-13(18-24-23-17-6-2-1-3-10-25(17)18)11-16(15)22-19(26)14-5-4-9-21-12-14/h7-8,11,14,21H,1-6,9-10,12H2,(H,22,26). The van der Waals surface area contributed by atoms with Crippen LogP contribution in [0.4, 0.5) is 10.1 Å². The minimum absolute atomic E-state index is 0.115. The molecule has 1 fully saturated rings. The van der Waals surface area contributed by atoms with Crippen molar-refractivity contribution >= 4 is 11.6 Å². The average Bonchev–Trinajstić information content (AvgIpc) is 2.92. The summed E-state index contributed by atoms with van der Waals surface area (Å²) in [6, 6.07) is 4.77. The van der Waals surface area contributed by atoms with Crippen LogP contribution in [0, 0.1) is 11.7 Å². The van der Waals surface area contributed by atoms with Gasteiger partial charge in [0, 0.05) is 25.1 Å². The molecule has 0 radical (unpaired) electrons. The summed E-state index contributed by atoms with van der Waals surface area (Å²) >= 11 is 0. The van der Waals surface area contributed by atoms with Gasteiger partial charge >= 0.3 is 0 Å². The Morgan fingerprint density at radius 3 is 3.00 bits per heavy atom. The number of aryl methyl sites for hydroxylation is 1. The van der Waals surface area contributed by atoms with Crippen molar-refractivity contribution in [3.05, 3.63) is 29.8 Å². The topological polar surface area (TPSA) is 71.8 Å². The molecule has 1 unspecified atom stereocenters. The first-order valence-corrected chi connectivity index (χ1v) is 9.46. The number of carbonyl (C=O) groups excluding carboxylic acids is 1. The lowest BCUT2D eigenvalue weighted by Gasteiger charge is -2.22. The number of halogens is 1. The van der Waals surface area contributed by atoms with Crippen molar-refractivity contribution in [3.63, 3.8) is 0 Å². The van der Waals surface area contributed by atoms with Gasteiger partial charge in [-0.25, -0.2) is 4.39 Å². The van der Waals surface area contributed by atoms with Crippen LogP contribution >= 0.6 is 0 Å². The van der Waals surface area contributed by atoms with Crippen LogP contribution in [0.3, 0.4) is 0 Å². The zero-order chi connectivity index (χ0) is 17.9. The lowest BCUT2D eigenvalue weighted by atomic mass is 9.98. The first-order chi connectivity index (χ1) is 12.7. The molecule has 2 N–H and O–H groups in total. The molecule has 4 rings (SSSR count). The van der Waals surface area contributed by atoms with Crippen molar-refractivity contribution in [3.8, 4) is 11.4 Å². The van der Waals surface area contributed by atoms with Crippen LogP contribution in [0.15, 0.2) is 18.2 Å². The summed E-state index contributed by atoms with van der Waals surface area (Å²) < 4.78 is 16.4. The molecule has 6 nitrogen and oxygen atoms in total. The third kappa shape index (κ3) is 3.49. The lowest BCUT2D eigenvalue weighted by molar-refractivity contribution is -0.120. The van der Waals surface area contributed by atoms with Crippen LogP contribution in [0.25, 0.3) is 11.4 Å². The number of hydrogen-bond donors (Lipinski definition) is 2. The van der Waals surface area contributed by atoms with Crippen molar-refractivity contribution in [2.45, 2.75) is 45.1 Å². The number of amides is 1. The minimum atomic E-state index is -0.429. The van der Waals surface area contributed by atoms with E-state index in [1.54, 1.807) is 12.1 Å². The van der Waals surface area contributed by atoms with Crippen molar-refractivity contribution < 1.29 is 9.18 Å². The number of anilines is 1. The molecule has 1 saturated heterocycles. The van der Waals surface area contributed by atoms with Crippen molar-refractivity contribution in [1.82, 2.24) is 20.1 Å². The summed E-state index contributed by atoms with van der Waals surface area (Å²) in [4.78, 5) is 12.4. The fourth-order valence-corrected chi connectivity index (χ4v) is 3.77.